The predicted molar refractivity (Wildman–Crippen MR) is 65.5 cm³/mol. The van der Waals surface area contributed by atoms with Crippen LogP contribution in [0.1, 0.15) is 34.4 Å². The number of carboxylic acid groups (broad SMARTS) is 1. The number of aliphatic hydroxyl groups is 1. The summed E-state index contributed by atoms with van der Waals surface area (Å²) in [6.45, 7) is 3.46. The fourth-order valence-electron chi connectivity index (χ4n) is 1.97. The second kappa shape index (κ2) is 4.31. The summed E-state index contributed by atoms with van der Waals surface area (Å²) in [6, 6.07) is 10.2. The summed E-state index contributed by atoms with van der Waals surface area (Å²) in [5, 5.41) is 19.4. The van der Waals surface area contributed by atoms with E-state index in [4.69, 9.17) is 9.52 Å². The lowest BCUT2D eigenvalue weighted by atomic mass is 9.90. The van der Waals surface area contributed by atoms with Crippen molar-refractivity contribution in [3.63, 3.8) is 0 Å². The van der Waals surface area contributed by atoms with Crippen LogP contribution >= 0.6 is 0 Å². The summed E-state index contributed by atoms with van der Waals surface area (Å²) in [4.78, 5) is 10.8. The van der Waals surface area contributed by atoms with E-state index in [0.29, 0.717) is 5.56 Å². The van der Waals surface area contributed by atoms with E-state index in [1.165, 1.54) is 12.1 Å². The SMILES string of the molecule is Cc1ccccc1C(C)(O)c1ccc(C(=O)O)o1. The van der Waals surface area contributed by atoms with E-state index in [-0.39, 0.29) is 11.5 Å². The minimum absolute atomic E-state index is 0.182. The summed E-state index contributed by atoms with van der Waals surface area (Å²) >= 11 is 0. The maximum atomic E-state index is 10.8. The van der Waals surface area contributed by atoms with Crippen LogP contribution in [0.15, 0.2) is 40.8 Å². The summed E-state index contributed by atoms with van der Waals surface area (Å²) in [7, 11) is 0. The Morgan fingerprint density at radius 3 is 2.44 bits per heavy atom. The van der Waals surface area contributed by atoms with Crippen LogP contribution in [-0.2, 0) is 5.60 Å². The second-order valence-corrected chi connectivity index (χ2v) is 4.36. The van der Waals surface area contributed by atoms with Crippen molar-refractivity contribution in [1.82, 2.24) is 0 Å². The first-order valence-corrected chi connectivity index (χ1v) is 5.55. The molecule has 0 aliphatic heterocycles. The summed E-state index contributed by atoms with van der Waals surface area (Å²) in [6.07, 6.45) is 0. The average molecular weight is 246 g/mol. The molecule has 0 aliphatic carbocycles. The van der Waals surface area contributed by atoms with Crippen LogP contribution in [0.3, 0.4) is 0 Å². The molecule has 1 heterocycles. The largest absolute Gasteiger partial charge is 0.475 e. The van der Waals surface area contributed by atoms with Crippen molar-refractivity contribution in [1.29, 1.82) is 0 Å². The molecule has 1 unspecified atom stereocenters. The molecule has 2 aromatic rings. The Balaban J connectivity index is 2.47. The molecule has 1 atom stereocenters. The molecular formula is C14H14O4. The van der Waals surface area contributed by atoms with Gasteiger partial charge in [0.2, 0.25) is 5.76 Å². The zero-order chi connectivity index (χ0) is 13.3. The molecule has 18 heavy (non-hydrogen) atoms. The van der Waals surface area contributed by atoms with E-state index in [2.05, 4.69) is 0 Å². The number of aromatic carboxylic acids is 1. The third-order valence-corrected chi connectivity index (χ3v) is 2.97. The maximum absolute atomic E-state index is 10.8. The van der Waals surface area contributed by atoms with Gasteiger partial charge in [-0.2, -0.15) is 0 Å². The van der Waals surface area contributed by atoms with Gasteiger partial charge in [0.1, 0.15) is 11.4 Å². The van der Waals surface area contributed by atoms with Gasteiger partial charge in [-0.1, -0.05) is 24.3 Å². The summed E-state index contributed by atoms with van der Waals surface area (Å²) < 4.78 is 5.17. The Bertz CT molecular complexity index is 581. The van der Waals surface area contributed by atoms with Crippen LogP contribution in [0.2, 0.25) is 0 Å². The van der Waals surface area contributed by atoms with Crippen molar-refractivity contribution in [3.8, 4) is 0 Å². The topological polar surface area (TPSA) is 70.7 Å². The molecule has 1 aromatic carbocycles. The van der Waals surface area contributed by atoms with Crippen LogP contribution in [-0.4, -0.2) is 16.2 Å². The molecule has 0 bridgehead atoms. The van der Waals surface area contributed by atoms with Gasteiger partial charge in [0.25, 0.3) is 0 Å². The normalized spacial score (nSPS) is 14.2. The van der Waals surface area contributed by atoms with Crippen LogP contribution in [0.5, 0.6) is 0 Å². The molecule has 0 saturated carbocycles. The van der Waals surface area contributed by atoms with Crippen molar-refractivity contribution in [2.75, 3.05) is 0 Å². The van der Waals surface area contributed by atoms with Gasteiger partial charge in [-0.25, -0.2) is 4.79 Å². The molecule has 0 spiro atoms. The highest BCUT2D eigenvalue weighted by Crippen LogP contribution is 2.32. The van der Waals surface area contributed by atoms with Crippen molar-refractivity contribution in [2.24, 2.45) is 0 Å². The first-order chi connectivity index (χ1) is 8.43. The molecule has 2 N–H and O–H groups in total. The smallest absolute Gasteiger partial charge is 0.371 e. The fourth-order valence-corrected chi connectivity index (χ4v) is 1.97. The zero-order valence-electron chi connectivity index (χ0n) is 10.2. The standard InChI is InChI=1S/C14H14O4/c1-9-5-3-4-6-10(9)14(2,17)12-8-7-11(18-12)13(15)16/h3-8,17H,1-2H3,(H,15,16). The summed E-state index contributed by atoms with van der Waals surface area (Å²) in [5.41, 5.74) is 0.256. The van der Waals surface area contributed by atoms with Gasteiger partial charge in [0.15, 0.2) is 0 Å². The van der Waals surface area contributed by atoms with Gasteiger partial charge in [-0.3, -0.25) is 0 Å². The molecule has 2 rings (SSSR count). The number of hydrogen-bond donors (Lipinski definition) is 2. The van der Waals surface area contributed by atoms with E-state index >= 15 is 0 Å². The van der Waals surface area contributed by atoms with Gasteiger partial charge >= 0.3 is 5.97 Å². The van der Waals surface area contributed by atoms with E-state index in [0.717, 1.165) is 5.56 Å². The molecule has 0 radical (unpaired) electrons. The molecule has 94 valence electrons. The lowest BCUT2D eigenvalue weighted by Crippen LogP contribution is -2.23. The monoisotopic (exact) mass is 246 g/mol. The molecule has 4 heteroatoms. The minimum atomic E-state index is -1.35. The maximum Gasteiger partial charge on any atom is 0.371 e. The molecular weight excluding hydrogens is 232 g/mol. The predicted octanol–water partition coefficient (Wildman–Crippen LogP) is 2.54. The fraction of sp³-hybridized carbons (Fsp3) is 0.214. The highest BCUT2D eigenvalue weighted by atomic mass is 16.4. The van der Waals surface area contributed by atoms with Crippen LogP contribution in [0.4, 0.5) is 0 Å². The first kappa shape index (κ1) is 12.4. The zero-order valence-corrected chi connectivity index (χ0v) is 10.2. The molecule has 0 saturated heterocycles. The highest BCUT2D eigenvalue weighted by molar-refractivity contribution is 5.84. The Labute approximate surface area is 104 Å². The number of benzene rings is 1. The van der Waals surface area contributed by atoms with Gasteiger partial charge in [0, 0.05) is 0 Å². The lowest BCUT2D eigenvalue weighted by molar-refractivity contribution is 0.0600. The Morgan fingerprint density at radius 2 is 1.89 bits per heavy atom. The Morgan fingerprint density at radius 1 is 1.22 bits per heavy atom. The van der Waals surface area contributed by atoms with Crippen molar-refractivity contribution in [2.45, 2.75) is 19.4 Å². The molecule has 4 nitrogen and oxygen atoms in total. The number of carbonyl (C=O) groups is 1. The van der Waals surface area contributed by atoms with Gasteiger partial charge in [-0.15, -0.1) is 0 Å². The summed E-state index contributed by atoms with van der Waals surface area (Å²) in [5.74, 6) is -1.12. The number of furan rings is 1. The van der Waals surface area contributed by atoms with Crippen LogP contribution in [0, 0.1) is 6.92 Å². The third kappa shape index (κ3) is 2.02. The minimum Gasteiger partial charge on any atom is -0.475 e. The van der Waals surface area contributed by atoms with E-state index < -0.39 is 11.6 Å². The molecule has 0 fully saturated rings. The van der Waals surface area contributed by atoms with E-state index in [9.17, 15) is 9.90 Å². The Hall–Kier alpha value is -2.07. The average Bonchev–Trinajstić information content (AvgIpc) is 2.79. The third-order valence-electron chi connectivity index (χ3n) is 2.97. The number of carboxylic acids is 1. The highest BCUT2D eigenvalue weighted by Gasteiger charge is 2.31. The van der Waals surface area contributed by atoms with Crippen molar-refractivity contribution >= 4 is 5.97 Å². The molecule has 0 amide bonds. The first-order valence-electron chi connectivity index (χ1n) is 5.55. The van der Waals surface area contributed by atoms with Crippen molar-refractivity contribution in [3.05, 3.63) is 59.0 Å². The second-order valence-electron chi connectivity index (χ2n) is 4.36. The van der Waals surface area contributed by atoms with Crippen LogP contribution < -0.4 is 0 Å². The van der Waals surface area contributed by atoms with Crippen LogP contribution in [0.25, 0.3) is 0 Å². The lowest BCUT2D eigenvalue weighted by Gasteiger charge is -2.23. The van der Waals surface area contributed by atoms with Gasteiger partial charge < -0.3 is 14.6 Å². The number of rotatable bonds is 3. The number of aryl methyl sites for hydroxylation is 1. The molecule has 1 aromatic heterocycles. The van der Waals surface area contributed by atoms with Gasteiger partial charge in [0.05, 0.1) is 0 Å². The quantitative estimate of drug-likeness (QED) is 0.873. The van der Waals surface area contributed by atoms with Gasteiger partial charge in [-0.05, 0) is 37.1 Å². The molecule has 0 aliphatic rings. The van der Waals surface area contributed by atoms with Crippen molar-refractivity contribution < 1.29 is 19.4 Å². The van der Waals surface area contributed by atoms with E-state index in [1.54, 1.807) is 13.0 Å². The van der Waals surface area contributed by atoms with E-state index in [1.807, 2.05) is 25.1 Å². The number of hydrogen-bond acceptors (Lipinski definition) is 3. The Kier molecular flexibility index (Phi) is 2.97.